The van der Waals surface area contributed by atoms with E-state index in [0.29, 0.717) is 0 Å². The normalized spacial score (nSPS) is 15.0. The quantitative estimate of drug-likeness (QED) is 0.176. The van der Waals surface area contributed by atoms with Gasteiger partial charge in [-0.3, -0.25) is 0 Å². The van der Waals surface area contributed by atoms with Gasteiger partial charge in [0.25, 0.3) is 0 Å². The maximum atomic E-state index is 6.84. The van der Waals surface area contributed by atoms with Crippen LogP contribution in [0.25, 0.3) is 44.5 Å². The summed E-state index contributed by atoms with van der Waals surface area (Å²) in [6.45, 7) is 4.73. The summed E-state index contributed by atoms with van der Waals surface area (Å²) in [6.07, 6.45) is 0. The molecule has 9 aromatic rings. The Kier molecular flexibility index (Phi) is 7.77. The first-order valence-corrected chi connectivity index (χ1v) is 22.9. The molecule has 2 heterocycles. The van der Waals surface area contributed by atoms with Crippen molar-refractivity contribution in [3.05, 3.63) is 228 Å². The highest BCUT2D eigenvalue weighted by Crippen LogP contribution is 2.63. The van der Waals surface area contributed by atoms with Crippen LogP contribution in [0.3, 0.4) is 0 Å². The first-order valence-electron chi connectivity index (χ1n) is 21.2. The molecule has 2 aliphatic carbocycles. The van der Waals surface area contributed by atoms with Crippen molar-refractivity contribution in [2.24, 2.45) is 0 Å². The third-order valence-electron chi connectivity index (χ3n) is 13.5. The van der Waals surface area contributed by atoms with Crippen molar-refractivity contribution in [3.63, 3.8) is 0 Å². The Hall–Kier alpha value is -6.72. The van der Waals surface area contributed by atoms with Gasteiger partial charge in [0.15, 0.2) is 23.0 Å². The van der Waals surface area contributed by atoms with Crippen molar-refractivity contribution >= 4 is 23.5 Å². The summed E-state index contributed by atoms with van der Waals surface area (Å²) < 4.78 is 13.4. The molecule has 4 heteroatoms. The Morgan fingerprint density at radius 1 is 0.371 bits per heavy atom. The second-order valence-corrected chi connectivity index (χ2v) is 19.2. The van der Waals surface area contributed by atoms with Gasteiger partial charge in [0.2, 0.25) is 0 Å². The lowest BCUT2D eigenvalue weighted by Crippen LogP contribution is -2.28. The molecule has 0 aromatic heterocycles. The first kappa shape index (κ1) is 36.0. The van der Waals surface area contributed by atoms with Gasteiger partial charge in [-0.25, -0.2) is 0 Å². The molecule has 2 nitrogen and oxygen atoms in total. The molecule has 0 spiro atoms. The molecule has 0 amide bonds. The highest BCUT2D eigenvalue weighted by Gasteiger charge is 2.48. The van der Waals surface area contributed by atoms with Gasteiger partial charge in [-0.2, -0.15) is 0 Å². The molecule has 0 radical (unpaired) electrons. The number of hydrogen-bond donors (Lipinski definition) is 0. The molecular weight excluding hydrogens is 793 g/mol. The molecule has 0 bridgehead atoms. The average molecular weight is 831 g/mol. The Bertz CT molecular complexity index is 3280. The molecule has 4 aliphatic rings. The standard InChI is InChI=1S/C58H38O2S2/c1-57(2)43-20-10-9-18-41(43)53-45(57)31-33-51-56(53)62-55-40(19-13-23-50(55)61-51)36-26-24-35(25-27-36)37-28-29-44-42(34-37)52-46(30-32-49-54(52)60-48-22-12-11-21-47(48)59-49)58(44,38-14-5-3-6-15-38)39-16-7-4-8-17-39/h3-34H,1-2H3. The summed E-state index contributed by atoms with van der Waals surface area (Å²) in [4.78, 5) is 5.35. The van der Waals surface area contributed by atoms with Crippen LogP contribution in [-0.4, -0.2) is 0 Å². The highest BCUT2D eigenvalue weighted by molar-refractivity contribution is 8.05. The summed E-state index contributed by atoms with van der Waals surface area (Å²) in [7, 11) is 0. The molecule has 9 aromatic carbocycles. The van der Waals surface area contributed by atoms with Crippen molar-refractivity contribution in [3.8, 4) is 67.5 Å². The van der Waals surface area contributed by atoms with Crippen LogP contribution >= 0.6 is 23.5 Å². The summed E-state index contributed by atoms with van der Waals surface area (Å²) in [5.74, 6) is 2.93. The summed E-state index contributed by atoms with van der Waals surface area (Å²) in [6, 6.07) is 70.7. The summed E-state index contributed by atoms with van der Waals surface area (Å²) in [5.41, 5.74) is 16.9. The molecule has 294 valence electrons. The van der Waals surface area contributed by atoms with Crippen LogP contribution in [-0.2, 0) is 10.8 Å². The second-order valence-electron chi connectivity index (χ2n) is 17.1. The van der Waals surface area contributed by atoms with Gasteiger partial charge in [-0.1, -0.05) is 195 Å². The van der Waals surface area contributed by atoms with Gasteiger partial charge < -0.3 is 9.47 Å². The van der Waals surface area contributed by atoms with E-state index in [9.17, 15) is 0 Å². The second kappa shape index (κ2) is 13.4. The van der Waals surface area contributed by atoms with E-state index in [1.54, 1.807) is 0 Å². The Labute approximate surface area is 370 Å². The molecule has 2 aliphatic heterocycles. The minimum absolute atomic E-state index is 0.0301. The van der Waals surface area contributed by atoms with Crippen molar-refractivity contribution in [1.82, 2.24) is 0 Å². The van der Waals surface area contributed by atoms with E-state index in [1.807, 2.05) is 47.8 Å². The van der Waals surface area contributed by atoms with Crippen molar-refractivity contribution in [2.45, 2.75) is 44.3 Å². The zero-order valence-electron chi connectivity index (χ0n) is 34.1. The van der Waals surface area contributed by atoms with Crippen molar-refractivity contribution in [2.75, 3.05) is 0 Å². The smallest absolute Gasteiger partial charge is 0.178 e. The average Bonchev–Trinajstić information content (AvgIpc) is 3.76. The zero-order chi connectivity index (χ0) is 41.2. The van der Waals surface area contributed by atoms with Gasteiger partial charge >= 0.3 is 0 Å². The van der Waals surface area contributed by atoms with E-state index in [0.717, 1.165) is 45.3 Å². The Morgan fingerprint density at radius 2 is 0.984 bits per heavy atom. The highest BCUT2D eigenvalue weighted by atomic mass is 32.2. The van der Waals surface area contributed by atoms with Crippen LogP contribution in [0.15, 0.2) is 214 Å². The maximum absolute atomic E-state index is 6.84. The Morgan fingerprint density at radius 3 is 1.76 bits per heavy atom. The van der Waals surface area contributed by atoms with Gasteiger partial charge in [-0.05, 0) is 103 Å². The van der Waals surface area contributed by atoms with Crippen LogP contribution < -0.4 is 9.47 Å². The third-order valence-corrected chi connectivity index (χ3v) is 16.2. The van der Waals surface area contributed by atoms with Crippen molar-refractivity contribution < 1.29 is 9.47 Å². The minimum Gasteiger partial charge on any atom is -0.449 e. The lowest BCUT2D eigenvalue weighted by atomic mass is 9.67. The van der Waals surface area contributed by atoms with Gasteiger partial charge in [0.05, 0.1) is 5.41 Å². The number of hydrogen-bond acceptors (Lipinski definition) is 4. The molecular formula is C58H38O2S2. The molecule has 0 atom stereocenters. The van der Waals surface area contributed by atoms with Crippen LogP contribution in [0.5, 0.6) is 23.0 Å². The fourth-order valence-electron chi connectivity index (χ4n) is 10.7. The van der Waals surface area contributed by atoms with Crippen LogP contribution in [0, 0.1) is 0 Å². The number of fused-ring (bicyclic) bond motifs is 12. The fraction of sp³-hybridized carbons (Fsp3) is 0.0690. The lowest BCUT2D eigenvalue weighted by molar-refractivity contribution is 0.360. The Balaban J connectivity index is 0.931. The van der Waals surface area contributed by atoms with E-state index in [4.69, 9.17) is 9.47 Å². The number of para-hydroxylation sites is 2. The molecule has 0 fully saturated rings. The van der Waals surface area contributed by atoms with Crippen LogP contribution in [0.2, 0.25) is 0 Å². The lowest BCUT2D eigenvalue weighted by Gasteiger charge is -2.34. The van der Waals surface area contributed by atoms with Crippen LogP contribution in [0.4, 0.5) is 0 Å². The topological polar surface area (TPSA) is 18.5 Å². The predicted octanol–water partition coefficient (Wildman–Crippen LogP) is 16.2. The molecule has 0 unspecified atom stereocenters. The first-order chi connectivity index (χ1) is 30.5. The third kappa shape index (κ3) is 5.02. The summed E-state index contributed by atoms with van der Waals surface area (Å²) in [5, 5.41) is 0. The van der Waals surface area contributed by atoms with Gasteiger partial charge in [0.1, 0.15) is 0 Å². The molecule has 0 saturated heterocycles. The van der Waals surface area contributed by atoms with Gasteiger partial charge in [-0.15, -0.1) is 0 Å². The fourth-order valence-corrected chi connectivity index (χ4v) is 13.2. The van der Waals surface area contributed by atoms with Crippen molar-refractivity contribution in [1.29, 1.82) is 0 Å². The monoisotopic (exact) mass is 830 g/mol. The van der Waals surface area contributed by atoms with E-state index < -0.39 is 5.41 Å². The van der Waals surface area contributed by atoms with E-state index in [1.165, 1.54) is 75.2 Å². The summed E-state index contributed by atoms with van der Waals surface area (Å²) >= 11 is 3.84. The largest absolute Gasteiger partial charge is 0.449 e. The molecule has 0 N–H and O–H groups in total. The molecule has 62 heavy (non-hydrogen) atoms. The molecule has 0 saturated carbocycles. The maximum Gasteiger partial charge on any atom is 0.178 e. The van der Waals surface area contributed by atoms with Gasteiger partial charge in [0, 0.05) is 36.1 Å². The molecule has 13 rings (SSSR count). The van der Waals surface area contributed by atoms with Crippen LogP contribution in [0.1, 0.15) is 47.2 Å². The SMILES string of the molecule is CC1(C)c2ccccc2-c2c1ccc1c2Sc2c(cccc2-c2ccc(-c3ccc4c(c3)-c3c(ccc5c3Oc3ccccc3O5)C4(c3ccccc3)c3ccccc3)cc2)S1. The van der Waals surface area contributed by atoms with E-state index in [-0.39, 0.29) is 5.41 Å². The van der Waals surface area contributed by atoms with E-state index >= 15 is 0 Å². The number of ether oxygens (including phenoxy) is 2. The zero-order valence-corrected chi connectivity index (χ0v) is 35.7. The predicted molar refractivity (Wildman–Crippen MR) is 253 cm³/mol. The number of benzene rings is 9. The minimum atomic E-state index is -0.566. The van der Waals surface area contributed by atoms with E-state index in [2.05, 4.69) is 184 Å². The number of rotatable bonds is 4.